The molecule has 1 heterocycles. The van der Waals surface area contributed by atoms with Gasteiger partial charge < -0.3 is 5.32 Å². The number of aromatic amines is 1. The summed E-state index contributed by atoms with van der Waals surface area (Å²) in [6.45, 7) is 3.42. The van der Waals surface area contributed by atoms with Crippen molar-refractivity contribution in [1.82, 2.24) is 15.3 Å². The Morgan fingerprint density at radius 1 is 1.00 bits per heavy atom. The number of aliphatic imine (C=N–C) groups is 1. The molecule has 136 valence electrons. The third-order valence-electron chi connectivity index (χ3n) is 3.90. The maximum Gasteiger partial charge on any atom is 0.257 e. The van der Waals surface area contributed by atoms with Crippen LogP contribution in [0.5, 0.6) is 0 Å². The van der Waals surface area contributed by atoms with Crippen LogP contribution in [0, 0.1) is 13.8 Å². The molecule has 3 N–H and O–H groups in total. The molecule has 0 aliphatic heterocycles. The number of amides is 1. The van der Waals surface area contributed by atoms with E-state index in [9.17, 15) is 9.59 Å². The fraction of sp³-hybridized carbons (Fsp3) is 0.100. The van der Waals surface area contributed by atoms with Crippen LogP contribution < -0.4 is 16.2 Å². The molecular formula is C20H19N5O2. The van der Waals surface area contributed by atoms with Crippen molar-refractivity contribution in [2.75, 3.05) is 5.32 Å². The molecule has 0 aliphatic rings. The number of carbonyl (C=O) groups is 1. The van der Waals surface area contributed by atoms with Crippen molar-refractivity contribution in [2.24, 2.45) is 4.99 Å². The van der Waals surface area contributed by atoms with E-state index in [1.54, 1.807) is 38.1 Å². The van der Waals surface area contributed by atoms with Gasteiger partial charge in [-0.25, -0.2) is 4.98 Å². The zero-order valence-corrected chi connectivity index (χ0v) is 15.0. The second-order valence-corrected chi connectivity index (χ2v) is 5.87. The van der Waals surface area contributed by atoms with Crippen LogP contribution in [0.1, 0.15) is 21.6 Å². The number of nitrogens with one attached hydrogen (secondary N) is 3. The number of anilines is 1. The summed E-state index contributed by atoms with van der Waals surface area (Å²) in [6.07, 6.45) is 0. The quantitative estimate of drug-likeness (QED) is 0.493. The van der Waals surface area contributed by atoms with Crippen LogP contribution in [0.4, 0.5) is 11.6 Å². The van der Waals surface area contributed by atoms with Crippen LogP contribution in [-0.4, -0.2) is 21.8 Å². The molecule has 0 saturated carbocycles. The molecule has 0 spiro atoms. The third-order valence-corrected chi connectivity index (χ3v) is 3.90. The number of hydrogen-bond donors (Lipinski definition) is 3. The van der Waals surface area contributed by atoms with Crippen molar-refractivity contribution in [3.63, 3.8) is 0 Å². The Balaban J connectivity index is 1.94. The van der Waals surface area contributed by atoms with E-state index < -0.39 is 0 Å². The Hall–Kier alpha value is -3.74. The van der Waals surface area contributed by atoms with E-state index >= 15 is 0 Å². The molecule has 7 nitrogen and oxygen atoms in total. The topological polar surface area (TPSA) is 99.2 Å². The van der Waals surface area contributed by atoms with Gasteiger partial charge >= 0.3 is 0 Å². The zero-order chi connectivity index (χ0) is 19.2. The number of guanidine groups is 1. The molecule has 3 rings (SSSR count). The molecule has 0 bridgehead atoms. The lowest BCUT2D eigenvalue weighted by atomic mass is 10.2. The molecule has 7 heteroatoms. The average Bonchev–Trinajstić information content (AvgIpc) is 2.67. The minimum atomic E-state index is -0.330. The van der Waals surface area contributed by atoms with Gasteiger partial charge in [0.2, 0.25) is 11.9 Å². The number of para-hydroxylation sites is 1. The van der Waals surface area contributed by atoms with Gasteiger partial charge in [-0.05, 0) is 38.1 Å². The van der Waals surface area contributed by atoms with Gasteiger partial charge in [0.25, 0.3) is 11.5 Å². The van der Waals surface area contributed by atoms with E-state index in [1.165, 1.54) is 0 Å². The average molecular weight is 361 g/mol. The van der Waals surface area contributed by atoms with Gasteiger partial charge in [0.15, 0.2) is 0 Å². The van der Waals surface area contributed by atoms with Crippen LogP contribution in [-0.2, 0) is 0 Å². The van der Waals surface area contributed by atoms with E-state index in [0.717, 1.165) is 5.69 Å². The molecule has 0 unspecified atom stereocenters. The zero-order valence-electron chi connectivity index (χ0n) is 15.0. The Bertz CT molecular complexity index is 1030. The Morgan fingerprint density at radius 2 is 1.63 bits per heavy atom. The van der Waals surface area contributed by atoms with Crippen LogP contribution in [0.15, 0.2) is 70.5 Å². The predicted molar refractivity (Wildman–Crippen MR) is 105 cm³/mol. The van der Waals surface area contributed by atoms with E-state index in [4.69, 9.17) is 0 Å². The lowest BCUT2D eigenvalue weighted by Gasteiger charge is -2.11. The van der Waals surface area contributed by atoms with E-state index in [0.29, 0.717) is 16.8 Å². The lowest BCUT2D eigenvalue weighted by molar-refractivity contribution is 0.0977. The number of aromatic nitrogens is 2. The van der Waals surface area contributed by atoms with Crippen molar-refractivity contribution < 1.29 is 4.79 Å². The summed E-state index contributed by atoms with van der Waals surface area (Å²) >= 11 is 0. The highest BCUT2D eigenvalue weighted by Gasteiger charge is 2.11. The summed E-state index contributed by atoms with van der Waals surface area (Å²) in [6, 6.07) is 18.0. The Kier molecular flexibility index (Phi) is 5.41. The van der Waals surface area contributed by atoms with Crippen molar-refractivity contribution in [2.45, 2.75) is 13.8 Å². The number of benzene rings is 2. The number of nitrogens with zero attached hydrogens (tertiary/aromatic N) is 2. The second kappa shape index (κ2) is 8.09. The first-order valence-electron chi connectivity index (χ1n) is 8.37. The summed E-state index contributed by atoms with van der Waals surface area (Å²) < 4.78 is 0. The molecule has 0 radical (unpaired) electrons. The van der Waals surface area contributed by atoms with Crippen LogP contribution in [0.25, 0.3) is 0 Å². The highest BCUT2D eigenvalue weighted by atomic mass is 16.2. The molecule has 1 aromatic heterocycles. The van der Waals surface area contributed by atoms with E-state index in [2.05, 4.69) is 25.6 Å². The highest BCUT2D eigenvalue weighted by molar-refractivity contribution is 6.10. The van der Waals surface area contributed by atoms with Gasteiger partial charge in [0, 0.05) is 22.5 Å². The van der Waals surface area contributed by atoms with Crippen molar-refractivity contribution in [3.05, 3.63) is 87.8 Å². The normalized spacial score (nSPS) is 11.1. The third kappa shape index (κ3) is 4.66. The fourth-order valence-electron chi connectivity index (χ4n) is 2.30. The second-order valence-electron chi connectivity index (χ2n) is 5.87. The van der Waals surface area contributed by atoms with Crippen LogP contribution in [0.2, 0.25) is 0 Å². The Morgan fingerprint density at radius 3 is 2.26 bits per heavy atom. The van der Waals surface area contributed by atoms with Gasteiger partial charge in [-0.2, -0.15) is 4.99 Å². The summed E-state index contributed by atoms with van der Waals surface area (Å²) in [7, 11) is 0. The first-order valence-corrected chi connectivity index (χ1v) is 8.37. The molecule has 0 atom stereocenters. The van der Waals surface area contributed by atoms with Gasteiger partial charge in [-0.3, -0.25) is 19.9 Å². The number of aryl methyl sites for hydroxylation is 1. The predicted octanol–water partition coefficient (Wildman–Crippen LogP) is 2.92. The summed E-state index contributed by atoms with van der Waals surface area (Å²) in [4.78, 5) is 35.6. The number of H-pyrrole nitrogens is 1. The maximum absolute atomic E-state index is 12.5. The van der Waals surface area contributed by atoms with Crippen molar-refractivity contribution >= 4 is 23.5 Å². The molecule has 0 aliphatic carbocycles. The molecular weight excluding hydrogens is 342 g/mol. The minimum Gasteiger partial charge on any atom is -0.326 e. The summed E-state index contributed by atoms with van der Waals surface area (Å²) in [5.74, 6) is -0.0692. The van der Waals surface area contributed by atoms with Crippen molar-refractivity contribution in [1.29, 1.82) is 0 Å². The van der Waals surface area contributed by atoms with Gasteiger partial charge in [0.05, 0.1) is 0 Å². The van der Waals surface area contributed by atoms with Crippen LogP contribution in [0.3, 0.4) is 0 Å². The molecule has 0 fully saturated rings. The minimum absolute atomic E-state index is 0.106. The summed E-state index contributed by atoms with van der Waals surface area (Å²) in [5.41, 5.74) is 2.05. The first-order chi connectivity index (χ1) is 13.0. The maximum atomic E-state index is 12.5. The van der Waals surface area contributed by atoms with Gasteiger partial charge in [-0.1, -0.05) is 36.4 Å². The van der Waals surface area contributed by atoms with Gasteiger partial charge in [-0.15, -0.1) is 0 Å². The Labute approximate surface area is 156 Å². The largest absolute Gasteiger partial charge is 0.326 e. The van der Waals surface area contributed by atoms with Crippen molar-refractivity contribution in [3.8, 4) is 0 Å². The lowest BCUT2D eigenvalue weighted by Crippen LogP contribution is -2.36. The number of carbonyl (C=O) groups excluding carboxylic acids is 1. The van der Waals surface area contributed by atoms with E-state index in [-0.39, 0.29) is 23.4 Å². The molecule has 3 aromatic rings. The first kappa shape index (κ1) is 18.1. The SMILES string of the molecule is Cc1nc(/N=C(/NC(=O)c2ccccc2)Nc2ccccc2)[nH]c(=O)c1C. The smallest absolute Gasteiger partial charge is 0.257 e. The highest BCUT2D eigenvalue weighted by Crippen LogP contribution is 2.09. The summed E-state index contributed by atoms with van der Waals surface area (Å²) in [5, 5.41) is 5.76. The molecule has 1 amide bonds. The molecule has 2 aromatic carbocycles. The standard InChI is InChI=1S/C20H19N5O2/c1-13-14(2)21-19(23-17(13)26)25-20(22-16-11-7-4-8-12-16)24-18(27)15-9-5-3-6-10-15/h3-12H,1-2H3,(H3,21,22,23,24,25,26,27). The number of hydrogen-bond acceptors (Lipinski definition) is 4. The monoisotopic (exact) mass is 361 g/mol. The van der Waals surface area contributed by atoms with E-state index in [1.807, 2.05) is 36.4 Å². The molecule has 0 saturated heterocycles. The molecule has 27 heavy (non-hydrogen) atoms. The number of rotatable bonds is 3. The fourth-order valence-corrected chi connectivity index (χ4v) is 2.30. The van der Waals surface area contributed by atoms with Crippen LogP contribution >= 0.6 is 0 Å². The van der Waals surface area contributed by atoms with Gasteiger partial charge in [0.1, 0.15) is 0 Å².